The fraction of sp³-hybridized carbons (Fsp3) is 0.929. The molecule has 0 unspecified atom stereocenters. The smallest absolute Gasteiger partial charge is 0.323 e. The molecule has 0 heterocycles. The van der Waals surface area contributed by atoms with Crippen LogP contribution in [0.15, 0.2) is 0 Å². The number of carbonyl (C=O) groups excluding carboxylic acids is 1. The first-order valence-electron chi connectivity index (χ1n) is 6.39. The highest BCUT2D eigenvalue weighted by atomic mass is 16.5. The summed E-state index contributed by atoms with van der Waals surface area (Å²) in [6, 6.07) is -0.155. The Labute approximate surface area is 107 Å². The highest BCUT2D eigenvalue weighted by molar-refractivity contribution is 5.76. The lowest BCUT2D eigenvalue weighted by Crippen LogP contribution is -2.44. The molecule has 0 aromatic heterocycles. The molecule has 0 saturated heterocycles. The topological polar surface area (TPSA) is 29.5 Å². The number of nitrogens with zero attached hydrogens (tertiary/aromatic N) is 1. The van der Waals surface area contributed by atoms with Crippen molar-refractivity contribution in [3.8, 4) is 0 Å². The standard InChI is InChI=1S/C14H29NO2/c1-10(2)11(3)12(15(7)8)13(16)17-9-14(4,5)6/h10-12H,9H2,1-8H3/t11-,12-/m0/s1. The van der Waals surface area contributed by atoms with Gasteiger partial charge in [-0.15, -0.1) is 0 Å². The first-order chi connectivity index (χ1) is 7.56. The van der Waals surface area contributed by atoms with Gasteiger partial charge in [0.05, 0.1) is 6.61 Å². The van der Waals surface area contributed by atoms with Crippen LogP contribution in [0, 0.1) is 17.3 Å². The molecule has 0 aliphatic rings. The van der Waals surface area contributed by atoms with Crippen LogP contribution in [-0.4, -0.2) is 37.6 Å². The van der Waals surface area contributed by atoms with Gasteiger partial charge in [0.15, 0.2) is 0 Å². The predicted molar refractivity (Wildman–Crippen MR) is 71.9 cm³/mol. The quantitative estimate of drug-likeness (QED) is 0.695. The number of likely N-dealkylation sites (N-methyl/N-ethyl adjacent to an activating group) is 1. The van der Waals surface area contributed by atoms with E-state index in [0.717, 1.165) is 0 Å². The minimum Gasteiger partial charge on any atom is -0.464 e. The summed E-state index contributed by atoms with van der Waals surface area (Å²) in [6.07, 6.45) is 0. The summed E-state index contributed by atoms with van der Waals surface area (Å²) in [5, 5.41) is 0. The summed E-state index contributed by atoms with van der Waals surface area (Å²) < 4.78 is 5.42. The minimum absolute atomic E-state index is 0.0214. The molecule has 0 saturated carbocycles. The van der Waals surface area contributed by atoms with Gasteiger partial charge < -0.3 is 4.74 Å². The van der Waals surface area contributed by atoms with Crippen molar-refractivity contribution in [1.29, 1.82) is 0 Å². The van der Waals surface area contributed by atoms with Gasteiger partial charge in [0.25, 0.3) is 0 Å². The van der Waals surface area contributed by atoms with E-state index < -0.39 is 0 Å². The number of hydrogen-bond acceptors (Lipinski definition) is 3. The second-order valence-electron chi connectivity index (χ2n) is 6.68. The molecule has 0 aliphatic carbocycles. The Morgan fingerprint density at radius 1 is 1.18 bits per heavy atom. The van der Waals surface area contributed by atoms with Gasteiger partial charge >= 0.3 is 5.97 Å². The molecular formula is C14H29NO2. The van der Waals surface area contributed by atoms with Crippen molar-refractivity contribution in [3.05, 3.63) is 0 Å². The Balaban J connectivity index is 4.57. The maximum absolute atomic E-state index is 12.1. The molecule has 0 spiro atoms. The van der Waals surface area contributed by atoms with E-state index in [-0.39, 0.29) is 23.3 Å². The van der Waals surface area contributed by atoms with Gasteiger partial charge in [-0.3, -0.25) is 9.69 Å². The van der Waals surface area contributed by atoms with E-state index in [1.165, 1.54) is 0 Å². The number of rotatable bonds is 5. The Kier molecular flexibility index (Phi) is 6.17. The van der Waals surface area contributed by atoms with E-state index in [2.05, 4.69) is 41.5 Å². The first kappa shape index (κ1) is 16.4. The van der Waals surface area contributed by atoms with Crippen LogP contribution in [0.5, 0.6) is 0 Å². The maximum Gasteiger partial charge on any atom is 0.323 e. The molecule has 102 valence electrons. The molecule has 17 heavy (non-hydrogen) atoms. The van der Waals surface area contributed by atoms with Crippen molar-refractivity contribution >= 4 is 5.97 Å². The Hall–Kier alpha value is -0.570. The monoisotopic (exact) mass is 243 g/mol. The zero-order valence-corrected chi connectivity index (χ0v) is 12.7. The van der Waals surface area contributed by atoms with Crippen LogP contribution in [0.4, 0.5) is 0 Å². The Morgan fingerprint density at radius 2 is 1.65 bits per heavy atom. The SMILES string of the molecule is CC(C)[C@H](C)[C@@H](C(=O)OCC(C)(C)C)N(C)C. The van der Waals surface area contributed by atoms with Crippen LogP contribution in [0.1, 0.15) is 41.5 Å². The summed E-state index contributed by atoms with van der Waals surface area (Å²) >= 11 is 0. The van der Waals surface area contributed by atoms with E-state index in [1.54, 1.807) is 0 Å². The van der Waals surface area contributed by atoms with Crippen molar-refractivity contribution in [3.63, 3.8) is 0 Å². The number of esters is 1. The van der Waals surface area contributed by atoms with Crippen molar-refractivity contribution in [1.82, 2.24) is 4.90 Å². The molecule has 0 N–H and O–H groups in total. The van der Waals surface area contributed by atoms with E-state index in [1.807, 2.05) is 19.0 Å². The van der Waals surface area contributed by atoms with Gasteiger partial charge in [-0.1, -0.05) is 41.5 Å². The normalized spacial score (nSPS) is 16.1. The summed E-state index contributed by atoms with van der Waals surface area (Å²) in [6.45, 7) is 13.1. The van der Waals surface area contributed by atoms with Crippen LogP contribution in [-0.2, 0) is 9.53 Å². The lowest BCUT2D eigenvalue weighted by Gasteiger charge is -2.31. The van der Waals surface area contributed by atoms with E-state index in [4.69, 9.17) is 4.74 Å². The predicted octanol–water partition coefficient (Wildman–Crippen LogP) is 2.80. The minimum atomic E-state index is -0.155. The highest BCUT2D eigenvalue weighted by Crippen LogP contribution is 2.20. The van der Waals surface area contributed by atoms with Gasteiger partial charge in [-0.25, -0.2) is 0 Å². The fourth-order valence-electron chi connectivity index (χ4n) is 1.63. The van der Waals surface area contributed by atoms with Crippen molar-refractivity contribution in [2.24, 2.45) is 17.3 Å². The third-order valence-electron chi connectivity index (χ3n) is 2.99. The molecule has 0 amide bonds. The van der Waals surface area contributed by atoms with E-state index in [0.29, 0.717) is 12.5 Å². The van der Waals surface area contributed by atoms with Crippen LogP contribution >= 0.6 is 0 Å². The molecule has 0 radical (unpaired) electrons. The average molecular weight is 243 g/mol. The molecule has 2 atom stereocenters. The molecule has 0 aromatic carbocycles. The maximum atomic E-state index is 12.1. The van der Waals surface area contributed by atoms with Crippen molar-refractivity contribution in [2.45, 2.75) is 47.6 Å². The van der Waals surface area contributed by atoms with Gasteiger partial charge in [-0.05, 0) is 31.3 Å². The molecule has 0 fully saturated rings. The zero-order chi connectivity index (χ0) is 13.8. The molecule has 3 heteroatoms. The fourth-order valence-corrected chi connectivity index (χ4v) is 1.63. The number of ether oxygens (including phenoxy) is 1. The van der Waals surface area contributed by atoms with Crippen molar-refractivity contribution < 1.29 is 9.53 Å². The van der Waals surface area contributed by atoms with E-state index in [9.17, 15) is 4.79 Å². The van der Waals surface area contributed by atoms with Gasteiger partial charge in [0.1, 0.15) is 6.04 Å². The third kappa shape index (κ3) is 6.06. The van der Waals surface area contributed by atoms with Gasteiger partial charge in [0, 0.05) is 0 Å². The van der Waals surface area contributed by atoms with E-state index >= 15 is 0 Å². The lowest BCUT2D eigenvalue weighted by atomic mass is 9.89. The Morgan fingerprint density at radius 3 is 1.94 bits per heavy atom. The summed E-state index contributed by atoms with van der Waals surface area (Å²) in [7, 11) is 3.86. The molecule has 0 aliphatic heterocycles. The second kappa shape index (κ2) is 6.39. The molecule has 0 bridgehead atoms. The largest absolute Gasteiger partial charge is 0.464 e. The van der Waals surface area contributed by atoms with Crippen LogP contribution in [0.25, 0.3) is 0 Å². The van der Waals surface area contributed by atoms with Crippen LogP contribution in [0.2, 0.25) is 0 Å². The average Bonchev–Trinajstić information content (AvgIpc) is 2.13. The Bertz CT molecular complexity index is 241. The third-order valence-corrected chi connectivity index (χ3v) is 2.99. The number of hydrogen-bond donors (Lipinski definition) is 0. The molecule has 0 rings (SSSR count). The van der Waals surface area contributed by atoms with Crippen LogP contribution < -0.4 is 0 Å². The second-order valence-corrected chi connectivity index (χ2v) is 6.68. The summed E-state index contributed by atoms with van der Waals surface area (Å²) in [5.41, 5.74) is 0.0214. The summed E-state index contributed by atoms with van der Waals surface area (Å²) in [5.74, 6) is 0.646. The molecule has 0 aromatic rings. The van der Waals surface area contributed by atoms with Crippen molar-refractivity contribution in [2.75, 3.05) is 20.7 Å². The van der Waals surface area contributed by atoms with Crippen LogP contribution in [0.3, 0.4) is 0 Å². The molecular weight excluding hydrogens is 214 g/mol. The number of carbonyl (C=O) groups is 1. The molecule has 3 nitrogen and oxygen atoms in total. The van der Waals surface area contributed by atoms with Gasteiger partial charge in [0.2, 0.25) is 0 Å². The zero-order valence-electron chi connectivity index (χ0n) is 12.7. The lowest BCUT2D eigenvalue weighted by molar-refractivity contribution is -0.154. The summed E-state index contributed by atoms with van der Waals surface area (Å²) in [4.78, 5) is 14.1. The highest BCUT2D eigenvalue weighted by Gasteiger charge is 2.31. The first-order valence-corrected chi connectivity index (χ1v) is 6.39. The van der Waals surface area contributed by atoms with Gasteiger partial charge in [-0.2, -0.15) is 0 Å².